The van der Waals surface area contributed by atoms with Gasteiger partial charge in [0.15, 0.2) is 0 Å². The highest BCUT2D eigenvalue weighted by molar-refractivity contribution is 9.10. The summed E-state index contributed by atoms with van der Waals surface area (Å²) in [4.78, 5) is 0. The van der Waals surface area contributed by atoms with Gasteiger partial charge in [-0.1, -0.05) is 49.0 Å². The SMILES string of the molecule is CCNC(Cc1cc(F)ccc1Br)C1CCCC(CC)C1. The Balaban J connectivity index is 2.09. The highest BCUT2D eigenvalue weighted by atomic mass is 79.9. The van der Waals surface area contributed by atoms with Gasteiger partial charge < -0.3 is 5.32 Å². The van der Waals surface area contributed by atoms with Gasteiger partial charge in [0.05, 0.1) is 0 Å². The summed E-state index contributed by atoms with van der Waals surface area (Å²) in [5, 5.41) is 3.65. The van der Waals surface area contributed by atoms with E-state index in [0.29, 0.717) is 6.04 Å². The average molecular weight is 356 g/mol. The lowest BCUT2D eigenvalue weighted by atomic mass is 9.75. The lowest BCUT2D eigenvalue weighted by Gasteiger charge is -2.35. The summed E-state index contributed by atoms with van der Waals surface area (Å²) in [6, 6.07) is 5.48. The fourth-order valence-corrected chi connectivity index (χ4v) is 4.08. The molecule has 0 aliphatic heterocycles. The lowest BCUT2D eigenvalue weighted by molar-refractivity contribution is 0.208. The van der Waals surface area contributed by atoms with E-state index in [9.17, 15) is 4.39 Å². The molecule has 1 fully saturated rings. The first-order valence-corrected chi connectivity index (χ1v) is 9.10. The van der Waals surface area contributed by atoms with E-state index in [1.807, 2.05) is 6.07 Å². The molecule has 118 valence electrons. The smallest absolute Gasteiger partial charge is 0.123 e. The first-order valence-electron chi connectivity index (χ1n) is 8.31. The Morgan fingerprint density at radius 1 is 1.33 bits per heavy atom. The van der Waals surface area contributed by atoms with E-state index >= 15 is 0 Å². The molecule has 0 amide bonds. The third-order valence-corrected chi connectivity index (χ3v) is 5.66. The van der Waals surface area contributed by atoms with Gasteiger partial charge in [-0.2, -0.15) is 0 Å². The Morgan fingerprint density at radius 2 is 2.14 bits per heavy atom. The van der Waals surface area contributed by atoms with E-state index in [1.54, 1.807) is 6.07 Å². The van der Waals surface area contributed by atoms with Gasteiger partial charge in [-0.15, -0.1) is 0 Å². The summed E-state index contributed by atoms with van der Waals surface area (Å²) in [7, 11) is 0. The zero-order valence-electron chi connectivity index (χ0n) is 13.2. The normalized spacial score (nSPS) is 24.0. The Hall–Kier alpha value is -0.410. The highest BCUT2D eigenvalue weighted by Gasteiger charge is 2.27. The van der Waals surface area contributed by atoms with Gasteiger partial charge >= 0.3 is 0 Å². The number of rotatable bonds is 6. The predicted octanol–water partition coefficient (Wildman–Crippen LogP) is 5.33. The van der Waals surface area contributed by atoms with Crippen molar-refractivity contribution in [3.8, 4) is 0 Å². The number of likely N-dealkylation sites (N-methyl/N-ethyl adjacent to an activating group) is 1. The molecule has 1 aromatic rings. The van der Waals surface area contributed by atoms with Crippen LogP contribution >= 0.6 is 15.9 Å². The zero-order chi connectivity index (χ0) is 15.2. The maximum absolute atomic E-state index is 13.5. The van der Waals surface area contributed by atoms with Crippen LogP contribution in [0.1, 0.15) is 51.5 Å². The highest BCUT2D eigenvalue weighted by Crippen LogP contribution is 2.34. The van der Waals surface area contributed by atoms with Crippen LogP contribution in [0.15, 0.2) is 22.7 Å². The molecular weight excluding hydrogens is 329 g/mol. The largest absolute Gasteiger partial charge is 0.314 e. The molecule has 0 heterocycles. The Labute approximate surface area is 136 Å². The molecule has 1 aliphatic rings. The van der Waals surface area contributed by atoms with Gasteiger partial charge in [0.25, 0.3) is 0 Å². The zero-order valence-corrected chi connectivity index (χ0v) is 14.8. The molecule has 1 N–H and O–H groups in total. The van der Waals surface area contributed by atoms with Gasteiger partial charge in [-0.25, -0.2) is 4.39 Å². The van der Waals surface area contributed by atoms with E-state index < -0.39 is 0 Å². The van der Waals surface area contributed by atoms with E-state index in [0.717, 1.165) is 34.8 Å². The Kier molecular flexibility index (Phi) is 6.69. The second kappa shape index (κ2) is 8.28. The first-order chi connectivity index (χ1) is 10.1. The van der Waals surface area contributed by atoms with Gasteiger partial charge in [-0.3, -0.25) is 0 Å². The maximum Gasteiger partial charge on any atom is 0.123 e. The van der Waals surface area contributed by atoms with Crippen LogP contribution in [-0.4, -0.2) is 12.6 Å². The van der Waals surface area contributed by atoms with Crippen molar-refractivity contribution >= 4 is 15.9 Å². The molecule has 1 saturated carbocycles. The number of halogens is 2. The second-order valence-electron chi connectivity index (χ2n) is 6.30. The quantitative estimate of drug-likeness (QED) is 0.727. The summed E-state index contributed by atoms with van der Waals surface area (Å²) in [6.07, 6.45) is 7.55. The molecular formula is C18H27BrFN. The van der Waals surface area contributed by atoms with Gasteiger partial charge in [0.1, 0.15) is 5.82 Å². The van der Waals surface area contributed by atoms with Crippen LogP contribution in [0, 0.1) is 17.7 Å². The summed E-state index contributed by atoms with van der Waals surface area (Å²) >= 11 is 3.57. The molecule has 1 aromatic carbocycles. The van der Waals surface area contributed by atoms with Crippen molar-refractivity contribution in [2.75, 3.05) is 6.54 Å². The molecule has 0 bridgehead atoms. The molecule has 21 heavy (non-hydrogen) atoms. The summed E-state index contributed by atoms with van der Waals surface area (Å²) in [5.41, 5.74) is 1.08. The Morgan fingerprint density at radius 3 is 2.86 bits per heavy atom. The van der Waals surface area contributed by atoms with E-state index in [2.05, 4.69) is 35.1 Å². The number of hydrogen-bond donors (Lipinski definition) is 1. The van der Waals surface area contributed by atoms with Crippen molar-refractivity contribution in [1.82, 2.24) is 5.32 Å². The summed E-state index contributed by atoms with van der Waals surface area (Å²) in [6.45, 7) is 5.44. The van der Waals surface area contributed by atoms with Crippen LogP contribution in [-0.2, 0) is 6.42 Å². The molecule has 3 atom stereocenters. The van der Waals surface area contributed by atoms with Crippen molar-refractivity contribution in [3.05, 3.63) is 34.1 Å². The molecule has 0 spiro atoms. The molecule has 0 saturated heterocycles. The molecule has 2 rings (SSSR count). The fourth-order valence-electron chi connectivity index (χ4n) is 3.67. The van der Waals surface area contributed by atoms with Gasteiger partial charge in [0.2, 0.25) is 0 Å². The van der Waals surface area contributed by atoms with Gasteiger partial charge in [0, 0.05) is 10.5 Å². The second-order valence-corrected chi connectivity index (χ2v) is 7.16. The standard InChI is InChI=1S/C18H27BrFN/c1-3-13-6-5-7-14(10-13)18(21-4-2)12-15-11-16(20)8-9-17(15)19/h8-9,11,13-14,18,21H,3-7,10,12H2,1-2H3. The molecule has 0 radical (unpaired) electrons. The van der Waals surface area contributed by atoms with Crippen molar-refractivity contribution in [1.29, 1.82) is 0 Å². The van der Waals surface area contributed by atoms with Crippen molar-refractivity contribution in [2.24, 2.45) is 11.8 Å². The average Bonchev–Trinajstić information content (AvgIpc) is 2.50. The van der Waals surface area contributed by atoms with Crippen molar-refractivity contribution in [2.45, 2.75) is 58.4 Å². The predicted molar refractivity (Wildman–Crippen MR) is 91.0 cm³/mol. The van der Waals surface area contributed by atoms with Crippen LogP contribution in [0.5, 0.6) is 0 Å². The minimum Gasteiger partial charge on any atom is -0.314 e. The summed E-state index contributed by atoms with van der Waals surface area (Å²) in [5.74, 6) is 1.46. The molecule has 1 aliphatic carbocycles. The minimum absolute atomic E-state index is 0.140. The molecule has 1 nitrogen and oxygen atoms in total. The minimum atomic E-state index is -0.140. The van der Waals surface area contributed by atoms with Crippen LogP contribution in [0.2, 0.25) is 0 Å². The summed E-state index contributed by atoms with van der Waals surface area (Å²) < 4.78 is 14.5. The van der Waals surface area contributed by atoms with Gasteiger partial charge in [-0.05, 0) is 61.4 Å². The van der Waals surface area contributed by atoms with Crippen LogP contribution in [0.25, 0.3) is 0 Å². The molecule has 0 aromatic heterocycles. The van der Waals surface area contributed by atoms with Crippen LogP contribution in [0.3, 0.4) is 0 Å². The topological polar surface area (TPSA) is 12.0 Å². The van der Waals surface area contributed by atoms with Crippen LogP contribution in [0.4, 0.5) is 4.39 Å². The van der Waals surface area contributed by atoms with E-state index in [4.69, 9.17) is 0 Å². The monoisotopic (exact) mass is 355 g/mol. The molecule has 3 heteroatoms. The third kappa shape index (κ3) is 4.79. The van der Waals surface area contributed by atoms with Crippen LogP contribution < -0.4 is 5.32 Å². The van der Waals surface area contributed by atoms with Crippen molar-refractivity contribution < 1.29 is 4.39 Å². The first kappa shape index (κ1) is 17.0. The van der Waals surface area contributed by atoms with E-state index in [-0.39, 0.29) is 5.82 Å². The maximum atomic E-state index is 13.5. The fraction of sp³-hybridized carbons (Fsp3) is 0.667. The molecule has 3 unspecified atom stereocenters. The van der Waals surface area contributed by atoms with Crippen molar-refractivity contribution in [3.63, 3.8) is 0 Å². The number of benzene rings is 1. The number of nitrogens with one attached hydrogen (secondary N) is 1. The lowest BCUT2D eigenvalue weighted by Crippen LogP contribution is -2.40. The Bertz CT molecular complexity index is 449. The number of hydrogen-bond acceptors (Lipinski definition) is 1. The van der Waals surface area contributed by atoms with E-state index in [1.165, 1.54) is 38.2 Å². The third-order valence-electron chi connectivity index (χ3n) is 4.88.